The van der Waals surface area contributed by atoms with Gasteiger partial charge in [-0.15, -0.1) is 0 Å². The highest BCUT2D eigenvalue weighted by Gasteiger charge is 2.37. The molecule has 0 bridgehead atoms. The zero-order valence-electron chi connectivity index (χ0n) is 17.4. The largest absolute Gasteiger partial charge is 0.378 e. The number of benzene rings is 2. The average molecular weight is 421 g/mol. The molecule has 2 rings (SSSR count). The molecule has 29 heavy (non-hydrogen) atoms. The minimum Gasteiger partial charge on any atom is -0.378 e. The highest BCUT2D eigenvalue weighted by molar-refractivity contribution is 7.54. The van der Waals surface area contributed by atoms with Gasteiger partial charge in [0.15, 0.2) is 5.78 Å². The molecule has 0 radical (unpaired) electrons. The molecule has 0 aliphatic rings. The lowest BCUT2D eigenvalue weighted by molar-refractivity contribution is -0.385. The highest BCUT2D eigenvalue weighted by Crippen LogP contribution is 2.60. The molecule has 158 valence electrons. The summed E-state index contributed by atoms with van der Waals surface area (Å²) in [6, 6.07) is 12.3. The van der Waals surface area contributed by atoms with Crippen LogP contribution in [0.3, 0.4) is 0 Å². The monoisotopic (exact) mass is 421 g/mol. The molecule has 0 saturated heterocycles. The van der Waals surface area contributed by atoms with E-state index < -0.39 is 18.3 Å². The van der Waals surface area contributed by atoms with Gasteiger partial charge < -0.3 is 19.3 Å². The van der Waals surface area contributed by atoms with Crippen molar-refractivity contribution in [1.29, 1.82) is 0 Å². The molecule has 0 heterocycles. The van der Waals surface area contributed by atoms with Crippen LogP contribution in [0.5, 0.6) is 0 Å². The SMILES string of the molecule is CCOP(=O)(OCC)C(Nc1ccc(C)c([N+](=O)[O-])c1)c1ccc(N(C)C)cc1. The number of nitro groups is 1. The van der Waals surface area contributed by atoms with Crippen molar-refractivity contribution in [2.75, 3.05) is 37.5 Å². The Morgan fingerprint density at radius 3 is 2.17 bits per heavy atom. The molecule has 9 heteroatoms. The minimum absolute atomic E-state index is 0.0145. The average Bonchev–Trinajstić information content (AvgIpc) is 2.67. The first-order chi connectivity index (χ1) is 13.7. The smallest absolute Gasteiger partial charge is 0.357 e. The number of nitro benzene ring substituents is 1. The van der Waals surface area contributed by atoms with E-state index in [0.717, 1.165) is 5.69 Å². The molecule has 1 unspecified atom stereocenters. The van der Waals surface area contributed by atoms with E-state index in [2.05, 4.69) is 5.32 Å². The Balaban J connectivity index is 2.51. The van der Waals surface area contributed by atoms with Crippen molar-refractivity contribution in [3.05, 3.63) is 63.7 Å². The normalized spacial score (nSPS) is 12.4. The van der Waals surface area contributed by atoms with E-state index in [9.17, 15) is 14.7 Å². The third-order valence-corrected chi connectivity index (χ3v) is 6.66. The summed E-state index contributed by atoms with van der Waals surface area (Å²) in [6.45, 7) is 5.58. The third-order valence-electron chi connectivity index (χ3n) is 4.37. The lowest BCUT2D eigenvalue weighted by Crippen LogP contribution is -2.16. The van der Waals surface area contributed by atoms with E-state index >= 15 is 0 Å². The maximum absolute atomic E-state index is 13.6. The lowest BCUT2D eigenvalue weighted by Gasteiger charge is -2.28. The van der Waals surface area contributed by atoms with Gasteiger partial charge in [0.05, 0.1) is 18.1 Å². The highest BCUT2D eigenvalue weighted by atomic mass is 31.2. The van der Waals surface area contributed by atoms with Gasteiger partial charge in [-0.2, -0.15) is 0 Å². The minimum atomic E-state index is -3.60. The first-order valence-corrected chi connectivity index (χ1v) is 11.0. The van der Waals surface area contributed by atoms with Gasteiger partial charge >= 0.3 is 7.60 Å². The summed E-state index contributed by atoms with van der Waals surface area (Å²) in [6.07, 6.45) is 0. The van der Waals surface area contributed by atoms with Gasteiger partial charge in [0.25, 0.3) is 5.69 Å². The van der Waals surface area contributed by atoms with Crippen molar-refractivity contribution in [1.82, 2.24) is 0 Å². The van der Waals surface area contributed by atoms with Crippen molar-refractivity contribution in [3.8, 4) is 0 Å². The summed E-state index contributed by atoms with van der Waals surface area (Å²) in [5.41, 5.74) is 2.68. The summed E-state index contributed by atoms with van der Waals surface area (Å²) in [4.78, 5) is 12.8. The number of nitrogens with one attached hydrogen (secondary N) is 1. The number of aryl methyl sites for hydroxylation is 1. The Morgan fingerprint density at radius 1 is 1.10 bits per heavy atom. The summed E-state index contributed by atoms with van der Waals surface area (Å²) in [7, 11) is 0.263. The summed E-state index contributed by atoms with van der Waals surface area (Å²) in [5.74, 6) is -0.819. The number of hydrogen-bond donors (Lipinski definition) is 1. The number of anilines is 2. The van der Waals surface area contributed by atoms with Crippen LogP contribution in [-0.4, -0.2) is 32.2 Å². The van der Waals surface area contributed by atoms with Gasteiger partial charge in [0.2, 0.25) is 0 Å². The van der Waals surface area contributed by atoms with E-state index in [1.165, 1.54) is 6.07 Å². The van der Waals surface area contributed by atoms with Gasteiger partial charge in [-0.05, 0) is 44.5 Å². The molecule has 8 nitrogen and oxygen atoms in total. The standard InChI is InChI=1S/C20H28N3O5P/c1-6-27-29(26,28-7-2)20(16-9-12-18(13-10-16)22(4)5)21-17-11-8-15(3)19(14-17)23(24)25/h8-14,20-21H,6-7H2,1-5H3. The number of rotatable bonds is 10. The molecule has 0 aromatic heterocycles. The van der Waals surface area contributed by atoms with E-state index in [1.807, 2.05) is 43.3 Å². The zero-order chi connectivity index (χ0) is 21.6. The predicted octanol–water partition coefficient (Wildman–Crippen LogP) is 5.35. The lowest BCUT2D eigenvalue weighted by atomic mass is 10.1. The van der Waals surface area contributed by atoms with Crippen LogP contribution in [-0.2, 0) is 13.6 Å². The van der Waals surface area contributed by atoms with Gasteiger partial charge in [-0.25, -0.2) is 0 Å². The summed E-state index contributed by atoms with van der Waals surface area (Å²) < 4.78 is 24.7. The van der Waals surface area contributed by atoms with Gasteiger partial charge in [0, 0.05) is 37.1 Å². The molecule has 2 aromatic rings. The van der Waals surface area contributed by atoms with Crippen LogP contribution >= 0.6 is 7.60 Å². The number of hydrogen-bond acceptors (Lipinski definition) is 7. The van der Waals surface area contributed by atoms with Crippen LogP contribution in [0, 0.1) is 17.0 Å². The van der Waals surface area contributed by atoms with E-state index in [0.29, 0.717) is 16.8 Å². The molecule has 0 saturated carbocycles. The first-order valence-electron chi connectivity index (χ1n) is 9.39. The molecular formula is C20H28N3O5P. The quantitative estimate of drug-likeness (QED) is 0.314. The van der Waals surface area contributed by atoms with E-state index in [4.69, 9.17) is 9.05 Å². The van der Waals surface area contributed by atoms with Crippen molar-refractivity contribution in [3.63, 3.8) is 0 Å². The van der Waals surface area contributed by atoms with Crippen LogP contribution in [0.2, 0.25) is 0 Å². The summed E-state index contributed by atoms with van der Waals surface area (Å²) >= 11 is 0. The van der Waals surface area contributed by atoms with Gasteiger partial charge in [-0.1, -0.05) is 18.2 Å². The number of nitrogens with zero attached hydrogens (tertiary/aromatic N) is 2. The molecule has 0 amide bonds. The van der Waals surface area contributed by atoms with Crippen LogP contribution < -0.4 is 10.2 Å². The third kappa shape index (κ3) is 5.56. The van der Waals surface area contributed by atoms with Crippen LogP contribution in [0.15, 0.2) is 42.5 Å². The van der Waals surface area contributed by atoms with Gasteiger partial charge in [-0.3, -0.25) is 14.7 Å². The maximum Gasteiger partial charge on any atom is 0.357 e. The predicted molar refractivity (Wildman–Crippen MR) is 116 cm³/mol. The topological polar surface area (TPSA) is 93.9 Å². The maximum atomic E-state index is 13.6. The van der Waals surface area contributed by atoms with E-state index in [-0.39, 0.29) is 18.9 Å². The molecule has 2 aromatic carbocycles. The Kier molecular flexibility index (Phi) is 7.79. The van der Waals surface area contributed by atoms with Crippen molar-refractivity contribution in [2.45, 2.75) is 26.6 Å². The first kappa shape index (κ1) is 22.9. The molecule has 0 aliphatic carbocycles. The Labute approximate surface area is 171 Å². The molecule has 1 N–H and O–H groups in total. The zero-order valence-corrected chi connectivity index (χ0v) is 18.3. The fourth-order valence-electron chi connectivity index (χ4n) is 2.90. The van der Waals surface area contributed by atoms with Crippen molar-refractivity contribution < 1.29 is 18.5 Å². The van der Waals surface area contributed by atoms with E-state index in [1.54, 1.807) is 32.9 Å². The fourth-order valence-corrected chi connectivity index (χ4v) is 4.84. The van der Waals surface area contributed by atoms with Crippen molar-refractivity contribution >= 4 is 24.7 Å². The van der Waals surface area contributed by atoms with Crippen LogP contribution in [0.4, 0.5) is 17.1 Å². The summed E-state index contributed by atoms with van der Waals surface area (Å²) in [5, 5.41) is 14.4. The molecule has 1 atom stereocenters. The Hall–Kier alpha value is -2.41. The van der Waals surface area contributed by atoms with Crippen LogP contribution in [0.25, 0.3) is 0 Å². The molecule has 0 fully saturated rings. The Bertz CT molecular complexity index is 876. The fraction of sp³-hybridized carbons (Fsp3) is 0.400. The van der Waals surface area contributed by atoms with Crippen LogP contribution in [0.1, 0.15) is 30.8 Å². The molecule has 0 spiro atoms. The molecule has 0 aliphatic heterocycles. The van der Waals surface area contributed by atoms with Crippen molar-refractivity contribution in [2.24, 2.45) is 0 Å². The Morgan fingerprint density at radius 2 is 1.69 bits per heavy atom. The van der Waals surface area contributed by atoms with Gasteiger partial charge in [0.1, 0.15) is 0 Å². The second-order valence-electron chi connectivity index (χ2n) is 6.67. The second kappa shape index (κ2) is 9.87. The second-order valence-corrected chi connectivity index (χ2v) is 8.78. The molecular weight excluding hydrogens is 393 g/mol.